The lowest BCUT2D eigenvalue weighted by molar-refractivity contribution is 0.242. The molecule has 0 bridgehead atoms. The van der Waals surface area contributed by atoms with Crippen LogP contribution in [0.1, 0.15) is 18.0 Å². The molecule has 0 fully saturated rings. The van der Waals surface area contributed by atoms with Gasteiger partial charge in [0.05, 0.1) is 18.8 Å². The third kappa shape index (κ3) is 2.50. The van der Waals surface area contributed by atoms with Crippen molar-refractivity contribution in [3.63, 3.8) is 0 Å². The van der Waals surface area contributed by atoms with Crippen molar-refractivity contribution in [2.24, 2.45) is 5.92 Å². The second-order valence-electron chi connectivity index (χ2n) is 5.07. The van der Waals surface area contributed by atoms with Crippen molar-refractivity contribution < 1.29 is 10.2 Å². The molecule has 0 radical (unpaired) electrons. The van der Waals surface area contributed by atoms with Crippen LogP contribution in [-0.4, -0.2) is 31.8 Å². The smallest absolute Gasteiger partial charge is 0.113 e. The van der Waals surface area contributed by atoms with Crippen LogP contribution in [-0.2, 0) is 6.61 Å². The number of aliphatic hydroxyl groups is 2. The van der Waals surface area contributed by atoms with Gasteiger partial charge in [-0.15, -0.1) is 5.10 Å². The van der Waals surface area contributed by atoms with Crippen molar-refractivity contribution in [1.82, 2.24) is 15.0 Å². The molecule has 104 valence electrons. The molecule has 0 spiro atoms. The van der Waals surface area contributed by atoms with Gasteiger partial charge in [0.2, 0.25) is 0 Å². The lowest BCUT2D eigenvalue weighted by Gasteiger charge is -2.09. The molecule has 0 saturated carbocycles. The van der Waals surface area contributed by atoms with E-state index in [4.69, 9.17) is 10.2 Å². The molecule has 2 aromatic rings. The van der Waals surface area contributed by atoms with Crippen LogP contribution in [0.15, 0.2) is 42.6 Å². The molecule has 0 saturated heterocycles. The summed E-state index contributed by atoms with van der Waals surface area (Å²) in [5.41, 5.74) is 2.68. The highest BCUT2D eigenvalue weighted by molar-refractivity contribution is 5.58. The molecule has 3 rings (SSSR count). The maximum Gasteiger partial charge on any atom is 0.113 e. The monoisotopic (exact) mass is 271 g/mol. The second kappa shape index (κ2) is 5.56. The zero-order chi connectivity index (χ0) is 13.9. The normalized spacial score (nSPS) is 21.5. The zero-order valence-electron chi connectivity index (χ0n) is 11.1. The Hall–Kier alpha value is -1.98. The summed E-state index contributed by atoms with van der Waals surface area (Å²) in [4.78, 5) is 0. The van der Waals surface area contributed by atoms with Gasteiger partial charge in [-0.1, -0.05) is 41.6 Å². The van der Waals surface area contributed by atoms with E-state index in [1.807, 2.05) is 41.2 Å². The van der Waals surface area contributed by atoms with Crippen LogP contribution in [0.3, 0.4) is 0 Å². The van der Waals surface area contributed by atoms with E-state index in [2.05, 4.69) is 16.4 Å². The standard InChI is InChI=1S/C15H17N3O2/c19-9-11-1-4-13(5-2-11)15-8-18(17-16-15)14-6-3-12(7-14)10-20/h1-6,8,12,14,19-20H,7,9-10H2/t12-,14+/m1/s1. The number of hydrogen-bond acceptors (Lipinski definition) is 4. The Balaban J connectivity index is 1.78. The Kier molecular flexibility index (Phi) is 3.62. The average Bonchev–Trinajstić information content (AvgIpc) is 3.16. The summed E-state index contributed by atoms with van der Waals surface area (Å²) in [5.74, 6) is 0.219. The van der Waals surface area contributed by atoms with Crippen molar-refractivity contribution in [3.05, 3.63) is 48.2 Å². The number of aliphatic hydroxyl groups excluding tert-OH is 2. The van der Waals surface area contributed by atoms with E-state index in [1.165, 1.54) is 0 Å². The van der Waals surface area contributed by atoms with Crippen molar-refractivity contribution in [2.75, 3.05) is 6.61 Å². The molecule has 1 aromatic carbocycles. The minimum Gasteiger partial charge on any atom is -0.396 e. The minimum absolute atomic E-state index is 0.0440. The van der Waals surface area contributed by atoms with Gasteiger partial charge in [0.1, 0.15) is 5.69 Å². The number of hydrogen-bond donors (Lipinski definition) is 2. The van der Waals surface area contributed by atoms with Gasteiger partial charge < -0.3 is 10.2 Å². The van der Waals surface area contributed by atoms with Crippen LogP contribution >= 0.6 is 0 Å². The SMILES string of the molecule is OCc1ccc(-c2cn([C@H]3C=C[C@@H](CO)C3)nn2)cc1. The predicted octanol–water partition coefficient (Wildman–Crippen LogP) is 1.55. The van der Waals surface area contributed by atoms with E-state index < -0.39 is 0 Å². The van der Waals surface area contributed by atoms with E-state index in [-0.39, 0.29) is 25.2 Å². The van der Waals surface area contributed by atoms with Gasteiger partial charge >= 0.3 is 0 Å². The first-order valence-electron chi connectivity index (χ1n) is 6.71. The molecule has 2 atom stereocenters. The molecule has 5 heteroatoms. The number of nitrogens with zero attached hydrogens (tertiary/aromatic N) is 3. The van der Waals surface area contributed by atoms with Crippen LogP contribution in [0.5, 0.6) is 0 Å². The van der Waals surface area contributed by atoms with Crippen molar-refractivity contribution in [1.29, 1.82) is 0 Å². The van der Waals surface area contributed by atoms with Crippen LogP contribution in [0.2, 0.25) is 0 Å². The van der Waals surface area contributed by atoms with E-state index >= 15 is 0 Å². The van der Waals surface area contributed by atoms with Gasteiger partial charge in [0.15, 0.2) is 0 Å². The third-order valence-electron chi connectivity index (χ3n) is 3.67. The average molecular weight is 271 g/mol. The molecule has 0 aliphatic heterocycles. The summed E-state index contributed by atoms with van der Waals surface area (Å²) < 4.78 is 1.83. The summed E-state index contributed by atoms with van der Waals surface area (Å²) in [6, 6.07) is 7.80. The molecule has 0 unspecified atom stereocenters. The summed E-state index contributed by atoms with van der Waals surface area (Å²) in [6.07, 6.45) is 6.88. The molecule has 1 aliphatic carbocycles. The highest BCUT2D eigenvalue weighted by atomic mass is 16.3. The number of aromatic nitrogens is 3. The fourth-order valence-corrected chi connectivity index (χ4v) is 2.44. The minimum atomic E-state index is 0.0440. The van der Waals surface area contributed by atoms with E-state index in [0.29, 0.717) is 0 Å². The fourth-order valence-electron chi connectivity index (χ4n) is 2.44. The molecule has 0 amide bonds. The molecule has 1 heterocycles. The molecule has 5 nitrogen and oxygen atoms in total. The highest BCUT2D eigenvalue weighted by Gasteiger charge is 2.20. The fraction of sp³-hybridized carbons (Fsp3) is 0.333. The Labute approximate surface area is 117 Å². The van der Waals surface area contributed by atoms with E-state index in [1.54, 1.807) is 0 Å². The maximum absolute atomic E-state index is 9.15. The van der Waals surface area contributed by atoms with Crippen LogP contribution < -0.4 is 0 Å². The van der Waals surface area contributed by atoms with Crippen molar-refractivity contribution in [3.8, 4) is 11.3 Å². The van der Waals surface area contributed by atoms with Gasteiger partial charge in [-0.3, -0.25) is 0 Å². The van der Waals surface area contributed by atoms with Crippen molar-refractivity contribution >= 4 is 0 Å². The number of benzene rings is 1. The Morgan fingerprint density at radius 1 is 1.15 bits per heavy atom. The van der Waals surface area contributed by atoms with Crippen LogP contribution in [0.25, 0.3) is 11.3 Å². The zero-order valence-corrected chi connectivity index (χ0v) is 11.1. The second-order valence-corrected chi connectivity index (χ2v) is 5.07. The summed E-state index contributed by atoms with van der Waals surface area (Å²) in [5, 5.41) is 26.5. The Morgan fingerprint density at radius 2 is 1.95 bits per heavy atom. The first-order valence-corrected chi connectivity index (χ1v) is 6.71. The Bertz CT molecular complexity index is 604. The number of rotatable bonds is 4. The topological polar surface area (TPSA) is 71.2 Å². The van der Waals surface area contributed by atoms with Crippen LogP contribution in [0, 0.1) is 5.92 Å². The summed E-state index contributed by atoms with van der Waals surface area (Å²) in [7, 11) is 0. The maximum atomic E-state index is 9.15. The molecule has 2 N–H and O–H groups in total. The lowest BCUT2D eigenvalue weighted by Crippen LogP contribution is -2.08. The molecular weight excluding hydrogens is 254 g/mol. The molecule has 20 heavy (non-hydrogen) atoms. The predicted molar refractivity (Wildman–Crippen MR) is 74.8 cm³/mol. The Morgan fingerprint density at radius 3 is 2.60 bits per heavy atom. The van der Waals surface area contributed by atoms with Gasteiger partial charge in [0.25, 0.3) is 0 Å². The van der Waals surface area contributed by atoms with E-state index in [0.717, 1.165) is 23.2 Å². The summed E-state index contributed by atoms with van der Waals surface area (Å²) in [6.45, 7) is 0.222. The molecule has 1 aromatic heterocycles. The van der Waals surface area contributed by atoms with Gasteiger partial charge in [0, 0.05) is 18.1 Å². The van der Waals surface area contributed by atoms with E-state index in [9.17, 15) is 0 Å². The van der Waals surface area contributed by atoms with Gasteiger partial charge in [-0.2, -0.15) is 0 Å². The quantitative estimate of drug-likeness (QED) is 0.828. The first-order chi connectivity index (χ1) is 9.80. The van der Waals surface area contributed by atoms with Gasteiger partial charge in [-0.05, 0) is 12.0 Å². The largest absolute Gasteiger partial charge is 0.396 e. The molecular formula is C15H17N3O2. The lowest BCUT2D eigenvalue weighted by atomic mass is 10.1. The summed E-state index contributed by atoms with van der Waals surface area (Å²) >= 11 is 0. The number of allylic oxidation sites excluding steroid dienone is 1. The highest BCUT2D eigenvalue weighted by Crippen LogP contribution is 2.28. The first kappa shape index (κ1) is 13.0. The van der Waals surface area contributed by atoms with Gasteiger partial charge in [-0.25, -0.2) is 4.68 Å². The van der Waals surface area contributed by atoms with Crippen molar-refractivity contribution in [2.45, 2.75) is 19.1 Å². The third-order valence-corrected chi connectivity index (χ3v) is 3.67. The molecule has 1 aliphatic rings. The van der Waals surface area contributed by atoms with Crippen LogP contribution in [0.4, 0.5) is 0 Å².